The Bertz CT molecular complexity index is 1140. The van der Waals surface area contributed by atoms with Gasteiger partial charge in [-0.2, -0.15) is 5.10 Å². The number of aromatic nitrogens is 6. The van der Waals surface area contributed by atoms with E-state index in [-0.39, 0.29) is 0 Å². The van der Waals surface area contributed by atoms with Gasteiger partial charge in [0, 0.05) is 11.1 Å². The Morgan fingerprint density at radius 3 is 2.89 bits per heavy atom. The predicted molar refractivity (Wildman–Crippen MR) is 107 cm³/mol. The number of hydrogen-bond donors (Lipinski definition) is 0. The van der Waals surface area contributed by atoms with E-state index in [1.165, 1.54) is 22.2 Å². The second-order valence-electron chi connectivity index (χ2n) is 8.75. The lowest BCUT2D eigenvalue weighted by Crippen LogP contribution is -2.26. The van der Waals surface area contributed by atoms with Gasteiger partial charge in [-0.15, -0.1) is 16.4 Å². The molecule has 4 aromatic heterocycles. The average molecular weight is 381 g/mol. The highest BCUT2D eigenvalue weighted by Gasteiger charge is 2.31. The van der Waals surface area contributed by atoms with Gasteiger partial charge in [0.15, 0.2) is 11.5 Å². The van der Waals surface area contributed by atoms with Gasteiger partial charge in [0.1, 0.15) is 17.7 Å². The summed E-state index contributed by atoms with van der Waals surface area (Å²) in [6, 6.07) is 0. The maximum absolute atomic E-state index is 4.85. The van der Waals surface area contributed by atoms with Crippen LogP contribution >= 0.6 is 11.3 Å². The molecule has 0 fully saturated rings. The lowest BCUT2D eigenvalue weighted by molar-refractivity contribution is 0.218. The molecule has 0 amide bonds. The molecule has 27 heavy (non-hydrogen) atoms. The molecule has 7 heteroatoms. The van der Waals surface area contributed by atoms with E-state index in [1.807, 2.05) is 39.9 Å². The lowest BCUT2D eigenvalue weighted by atomic mass is 9.72. The highest BCUT2D eigenvalue weighted by molar-refractivity contribution is 7.19. The molecule has 0 radical (unpaired) electrons. The standard InChI is InChI=1S/C20H24N6S/c1-12-8-22-25(9-12)10-16-23-18-17-14-6-5-13(20(2,3)4)7-15(14)27-19(17)21-11-26(18)24-16/h8-9,11,13H,5-7,10H2,1-4H3. The third-order valence-electron chi connectivity index (χ3n) is 5.72. The molecule has 5 rings (SSSR count). The highest BCUT2D eigenvalue weighted by atomic mass is 32.1. The fourth-order valence-corrected chi connectivity index (χ4v) is 5.38. The fraction of sp³-hybridized carbons (Fsp3) is 0.500. The molecule has 0 saturated carbocycles. The molecule has 4 heterocycles. The van der Waals surface area contributed by atoms with Gasteiger partial charge in [0.05, 0.1) is 11.6 Å². The first-order chi connectivity index (χ1) is 12.9. The smallest absolute Gasteiger partial charge is 0.173 e. The zero-order valence-electron chi connectivity index (χ0n) is 16.2. The van der Waals surface area contributed by atoms with E-state index in [4.69, 9.17) is 4.98 Å². The molecule has 0 aliphatic heterocycles. The predicted octanol–water partition coefficient (Wildman–Crippen LogP) is 4.04. The first-order valence-corrected chi connectivity index (χ1v) is 10.3. The molecule has 140 valence electrons. The molecule has 6 nitrogen and oxygen atoms in total. The Morgan fingerprint density at radius 1 is 1.30 bits per heavy atom. The molecule has 4 aromatic rings. The first kappa shape index (κ1) is 16.9. The van der Waals surface area contributed by atoms with E-state index in [0.717, 1.165) is 40.6 Å². The zero-order chi connectivity index (χ0) is 18.8. The molecule has 0 saturated heterocycles. The summed E-state index contributed by atoms with van der Waals surface area (Å²) < 4.78 is 3.71. The molecular weight excluding hydrogens is 356 g/mol. The van der Waals surface area contributed by atoms with Crippen molar-refractivity contribution in [3.05, 3.63) is 40.5 Å². The number of aryl methyl sites for hydroxylation is 2. The zero-order valence-corrected chi connectivity index (χ0v) is 17.0. The molecule has 0 spiro atoms. The maximum atomic E-state index is 4.85. The van der Waals surface area contributed by atoms with Gasteiger partial charge in [-0.1, -0.05) is 20.8 Å². The van der Waals surface area contributed by atoms with Crippen molar-refractivity contribution in [2.75, 3.05) is 0 Å². The third-order valence-corrected chi connectivity index (χ3v) is 6.88. The summed E-state index contributed by atoms with van der Waals surface area (Å²) in [5, 5.41) is 10.2. The topological polar surface area (TPSA) is 60.9 Å². The summed E-state index contributed by atoms with van der Waals surface area (Å²) >= 11 is 1.84. The summed E-state index contributed by atoms with van der Waals surface area (Å²) in [7, 11) is 0. The van der Waals surface area contributed by atoms with Crippen molar-refractivity contribution < 1.29 is 0 Å². The van der Waals surface area contributed by atoms with Crippen molar-refractivity contribution >= 4 is 27.2 Å². The number of hydrogen-bond acceptors (Lipinski definition) is 5. The molecule has 1 unspecified atom stereocenters. The number of nitrogens with zero attached hydrogens (tertiary/aromatic N) is 6. The monoisotopic (exact) mass is 380 g/mol. The van der Waals surface area contributed by atoms with Crippen LogP contribution in [-0.2, 0) is 19.4 Å². The minimum absolute atomic E-state index is 0.348. The van der Waals surface area contributed by atoms with Crippen LogP contribution < -0.4 is 0 Å². The minimum atomic E-state index is 0.348. The molecule has 0 aromatic carbocycles. The van der Waals surface area contributed by atoms with Crippen molar-refractivity contribution in [2.24, 2.45) is 11.3 Å². The maximum Gasteiger partial charge on any atom is 0.173 e. The van der Waals surface area contributed by atoms with Crippen LogP contribution in [0.1, 0.15) is 49.0 Å². The summed E-state index contributed by atoms with van der Waals surface area (Å²) in [6.45, 7) is 9.68. The van der Waals surface area contributed by atoms with E-state index in [0.29, 0.717) is 12.0 Å². The summed E-state index contributed by atoms with van der Waals surface area (Å²) in [6.07, 6.45) is 9.16. The Balaban J connectivity index is 1.58. The number of rotatable bonds is 2. The van der Waals surface area contributed by atoms with Gasteiger partial charge >= 0.3 is 0 Å². The van der Waals surface area contributed by atoms with Crippen molar-refractivity contribution in [3.63, 3.8) is 0 Å². The van der Waals surface area contributed by atoms with E-state index in [1.54, 1.807) is 6.33 Å². The van der Waals surface area contributed by atoms with Crippen molar-refractivity contribution in [1.29, 1.82) is 0 Å². The molecule has 0 bridgehead atoms. The van der Waals surface area contributed by atoms with Crippen molar-refractivity contribution in [1.82, 2.24) is 29.4 Å². The van der Waals surface area contributed by atoms with Crippen LogP contribution in [0.25, 0.3) is 15.9 Å². The third kappa shape index (κ3) is 2.84. The van der Waals surface area contributed by atoms with Crippen LogP contribution in [-0.4, -0.2) is 29.4 Å². The second kappa shape index (κ2) is 5.86. The van der Waals surface area contributed by atoms with Crippen LogP contribution in [0.5, 0.6) is 0 Å². The molecule has 0 N–H and O–H groups in total. The van der Waals surface area contributed by atoms with Gasteiger partial charge < -0.3 is 0 Å². The van der Waals surface area contributed by atoms with E-state index in [2.05, 4.69) is 36.0 Å². The van der Waals surface area contributed by atoms with Crippen molar-refractivity contribution in [3.8, 4) is 0 Å². The van der Waals surface area contributed by atoms with Crippen LogP contribution in [0.15, 0.2) is 18.7 Å². The number of thiophene rings is 1. The summed E-state index contributed by atoms with van der Waals surface area (Å²) in [5.74, 6) is 1.50. The lowest BCUT2D eigenvalue weighted by Gasteiger charge is -2.33. The van der Waals surface area contributed by atoms with E-state index >= 15 is 0 Å². The highest BCUT2D eigenvalue weighted by Crippen LogP contribution is 2.43. The molecular formula is C20H24N6S. The minimum Gasteiger partial charge on any atom is -0.265 e. The van der Waals surface area contributed by atoms with Crippen LogP contribution in [0.3, 0.4) is 0 Å². The van der Waals surface area contributed by atoms with Crippen LogP contribution in [0, 0.1) is 18.3 Å². The first-order valence-electron chi connectivity index (χ1n) is 9.52. The largest absolute Gasteiger partial charge is 0.265 e. The van der Waals surface area contributed by atoms with Crippen molar-refractivity contribution in [2.45, 2.75) is 53.5 Å². The van der Waals surface area contributed by atoms with Crippen LogP contribution in [0.2, 0.25) is 0 Å². The second-order valence-corrected chi connectivity index (χ2v) is 9.83. The quantitative estimate of drug-likeness (QED) is 0.526. The Kier molecular flexibility index (Phi) is 3.66. The van der Waals surface area contributed by atoms with Crippen LogP contribution in [0.4, 0.5) is 0 Å². The summed E-state index contributed by atoms with van der Waals surface area (Å²) in [4.78, 5) is 12.1. The Labute approximate surface area is 162 Å². The Morgan fingerprint density at radius 2 is 2.15 bits per heavy atom. The normalized spacial score (nSPS) is 17.7. The van der Waals surface area contributed by atoms with Gasteiger partial charge in [-0.05, 0) is 48.6 Å². The van der Waals surface area contributed by atoms with Gasteiger partial charge in [0.2, 0.25) is 0 Å². The number of fused-ring (bicyclic) bond motifs is 5. The van der Waals surface area contributed by atoms with Gasteiger partial charge in [0.25, 0.3) is 0 Å². The Hall–Kier alpha value is -2.28. The molecule has 1 aliphatic rings. The SMILES string of the molecule is Cc1cnn(Cc2nc3c4c5c(sc4ncn3n2)CC(C(C)(C)C)CC5)c1. The summed E-state index contributed by atoms with van der Waals surface area (Å²) in [5.41, 5.74) is 3.87. The molecule has 1 atom stereocenters. The van der Waals surface area contributed by atoms with Gasteiger partial charge in [-0.3, -0.25) is 4.68 Å². The van der Waals surface area contributed by atoms with Gasteiger partial charge in [-0.25, -0.2) is 14.5 Å². The average Bonchev–Trinajstić information content (AvgIpc) is 3.29. The van der Waals surface area contributed by atoms with E-state index in [9.17, 15) is 0 Å². The fourth-order valence-electron chi connectivity index (χ4n) is 4.12. The molecule has 1 aliphatic carbocycles. The van der Waals surface area contributed by atoms with E-state index < -0.39 is 0 Å².